The van der Waals surface area contributed by atoms with Gasteiger partial charge in [-0.2, -0.15) is 0 Å². The maximum absolute atomic E-state index is 12.2. The van der Waals surface area contributed by atoms with E-state index in [9.17, 15) is 13.6 Å². The number of hydrogen-bond donors (Lipinski definition) is 2. The first-order valence-electron chi connectivity index (χ1n) is 6.79. The van der Waals surface area contributed by atoms with Crippen molar-refractivity contribution in [2.45, 2.75) is 32.9 Å². The first kappa shape index (κ1) is 17.7. The van der Waals surface area contributed by atoms with Crippen LogP contribution in [0.15, 0.2) is 18.3 Å². The van der Waals surface area contributed by atoms with Crippen LogP contribution in [0, 0.1) is 18.3 Å². The molecular formula is C15H19F2N3O2. The summed E-state index contributed by atoms with van der Waals surface area (Å²) in [6, 6.07) is 2.43. The second kappa shape index (κ2) is 8.82. The van der Waals surface area contributed by atoms with Gasteiger partial charge in [-0.3, -0.25) is 0 Å². The fourth-order valence-corrected chi connectivity index (χ4v) is 1.60. The van der Waals surface area contributed by atoms with E-state index in [0.29, 0.717) is 5.56 Å². The Morgan fingerprint density at radius 2 is 2.23 bits per heavy atom. The van der Waals surface area contributed by atoms with Gasteiger partial charge in [0.25, 0.3) is 6.43 Å². The standard InChI is InChI=1S/C15H19F2N3O2/c1-4-12(10(2)3)20-15(21)19-8-11-6-5-7-18-14(11)22-9-13(16)17/h1,5-7,10,12-13H,8-9H2,2-3H3,(H2,19,20,21)/t12-/m0/s1. The zero-order valence-electron chi connectivity index (χ0n) is 12.5. The molecule has 0 radical (unpaired) electrons. The van der Waals surface area contributed by atoms with Gasteiger partial charge in [-0.05, 0) is 12.0 Å². The number of amides is 2. The minimum atomic E-state index is -2.59. The molecule has 0 fully saturated rings. The molecule has 0 saturated heterocycles. The molecule has 5 nitrogen and oxygen atoms in total. The monoisotopic (exact) mass is 311 g/mol. The van der Waals surface area contributed by atoms with E-state index in [-0.39, 0.29) is 24.4 Å². The molecule has 0 unspecified atom stereocenters. The van der Waals surface area contributed by atoms with Crippen LogP contribution in [-0.4, -0.2) is 30.1 Å². The maximum Gasteiger partial charge on any atom is 0.316 e. The van der Waals surface area contributed by atoms with Crippen LogP contribution in [0.25, 0.3) is 0 Å². The highest BCUT2D eigenvalue weighted by molar-refractivity contribution is 5.74. The number of hydrogen-bond acceptors (Lipinski definition) is 3. The molecule has 22 heavy (non-hydrogen) atoms. The summed E-state index contributed by atoms with van der Waals surface area (Å²) in [6.45, 7) is 3.13. The van der Waals surface area contributed by atoms with Gasteiger partial charge in [0.1, 0.15) is 0 Å². The zero-order valence-corrected chi connectivity index (χ0v) is 12.5. The maximum atomic E-state index is 12.2. The number of carbonyl (C=O) groups excluding carboxylic acids is 1. The van der Waals surface area contributed by atoms with E-state index < -0.39 is 19.1 Å². The summed E-state index contributed by atoms with van der Waals surface area (Å²) in [6.07, 6.45) is 4.17. The lowest BCUT2D eigenvalue weighted by molar-refractivity contribution is 0.0790. The van der Waals surface area contributed by atoms with Gasteiger partial charge in [0.05, 0.1) is 6.04 Å². The molecule has 120 valence electrons. The van der Waals surface area contributed by atoms with E-state index >= 15 is 0 Å². The lowest BCUT2D eigenvalue weighted by Gasteiger charge is -2.17. The molecule has 0 aliphatic carbocycles. The number of aromatic nitrogens is 1. The molecule has 0 aliphatic rings. The third kappa shape index (κ3) is 5.95. The van der Waals surface area contributed by atoms with Crippen molar-refractivity contribution in [1.29, 1.82) is 0 Å². The number of ether oxygens (including phenoxy) is 1. The van der Waals surface area contributed by atoms with E-state index in [1.54, 1.807) is 12.1 Å². The Balaban J connectivity index is 2.57. The third-order valence-electron chi connectivity index (χ3n) is 2.77. The minimum Gasteiger partial charge on any atom is -0.471 e. The van der Waals surface area contributed by atoms with Crippen molar-refractivity contribution in [3.05, 3.63) is 23.9 Å². The highest BCUT2D eigenvalue weighted by atomic mass is 19.3. The van der Waals surface area contributed by atoms with Gasteiger partial charge in [0.2, 0.25) is 5.88 Å². The summed E-state index contributed by atoms with van der Waals surface area (Å²) in [5, 5.41) is 5.23. The second-order valence-corrected chi connectivity index (χ2v) is 4.89. The van der Waals surface area contributed by atoms with E-state index in [0.717, 1.165) is 0 Å². The SMILES string of the molecule is C#C[C@H](NC(=O)NCc1cccnc1OCC(F)F)C(C)C. The number of nitrogens with one attached hydrogen (secondary N) is 2. The average molecular weight is 311 g/mol. The fraction of sp³-hybridized carbons (Fsp3) is 0.467. The Bertz CT molecular complexity index is 530. The van der Waals surface area contributed by atoms with E-state index in [4.69, 9.17) is 11.2 Å². The second-order valence-electron chi connectivity index (χ2n) is 4.89. The highest BCUT2D eigenvalue weighted by Gasteiger charge is 2.14. The smallest absolute Gasteiger partial charge is 0.316 e. The van der Waals surface area contributed by atoms with Crippen molar-refractivity contribution in [1.82, 2.24) is 15.6 Å². The first-order valence-corrected chi connectivity index (χ1v) is 6.79. The predicted octanol–water partition coefficient (Wildman–Crippen LogP) is 2.18. The third-order valence-corrected chi connectivity index (χ3v) is 2.77. The molecule has 0 saturated carbocycles. The predicted molar refractivity (Wildman–Crippen MR) is 78.6 cm³/mol. The van der Waals surface area contributed by atoms with Crippen molar-refractivity contribution in [2.24, 2.45) is 5.92 Å². The molecule has 0 aromatic carbocycles. The number of terminal acetylenes is 1. The van der Waals surface area contributed by atoms with Crippen LogP contribution in [0.2, 0.25) is 0 Å². The quantitative estimate of drug-likeness (QED) is 0.759. The molecule has 0 aliphatic heterocycles. The van der Waals surface area contributed by atoms with Gasteiger partial charge in [-0.15, -0.1) is 6.42 Å². The van der Waals surface area contributed by atoms with E-state index in [1.807, 2.05) is 13.8 Å². The van der Waals surface area contributed by atoms with Crippen LogP contribution < -0.4 is 15.4 Å². The van der Waals surface area contributed by atoms with E-state index in [2.05, 4.69) is 21.5 Å². The summed E-state index contributed by atoms with van der Waals surface area (Å²) >= 11 is 0. The lowest BCUT2D eigenvalue weighted by Crippen LogP contribution is -2.43. The molecule has 1 aromatic heterocycles. The van der Waals surface area contributed by atoms with Crippen LogP contribution >= 0.6 is 0 Å². The summed E-state index contributed by atoms with van der Waals surface area (Å²) in [4.78, 5) is 15.6. The molecule has 1 rings (SSSR count). The van der Waals surface area contributed by atoms with Crippen molar-refractivity contribution >= 4 is 6.03 Å². The topological polar surface area (TPSA) is 63.2 Å². The number of alkyl halides is 2. The number of halogens is 2. The van der Waals surface area contributed by atoms with Gasteiger partial charge in [0.15, 0.2) is 6.61 Å². The Labute approximate surface area is 128 Å². The lowest BCUT2D eigenvalue weighted by atomic mass is 10.1. The Hall–Kier alpha value is -2.36. The van der Waals surface area contributed by atoms with Crippen LogP contribution in [0.4, 0.5) is 13.6 Å². The molecule has 0 spiro atoms. The fourth-order valence-electron chi connectivity index (χ4n) is 1.60. The van der Waals surface area contributed by atoms with Crippen molar-refractivity contribution in [3.8, 4) is 18.2 Å². The molecule has 1 aromatic rings. The molecular weight excluding hydrogens is 292 g/mol. The van der Waals surface area contributed by atoms with Crippen molar-refractivity contribution < 1.29 is 18.3 Å². The van der Waals surface area contributed by atoms with Crippen molar-refractivity contribution in [3.63, 3.8) is 0 Å². The largest absolute Gasteiger partial charge is 0.471 e. The molecule has 0 bridgehead atoms. The normalized spacial score (nSPS) is 11.9. The van der Waals surface area contributed by atoms with Gasteiger partial charge in [-0.1, -0.05) is 25.8 Å². The van der Waals surface area contributed by atoms with Crippen LogP contribution in [-0.2, 0) is 6.54 Å². The summed E-state index contributed by atoms with van der Waals surface area (Å²) in [7, 11) is 0. The molecule has 1 heterocycles. The number of urea groups is 1. The van der Waals surface area contributed by atoms with Crippen LogP contribution in [0.5, 0.6) is 5.88 Å². The summed E-state index contributed by atoms with van der Waals surface area (Å²) in [5.74, 6) is 2.65. The number of pyridine rings is 1. The van der Waals surface area contributed by atoms with Gasteiger partial charge >= 0.3 is 6.03 Å². The number of nitrogens with zero attached hydrogens (tertiary/aromatic N) is 1. The van der Waals surface area contributed by atoms with Crippen LogP contribution in [0.3, 0.4) is 0 Å². The Kier molecular flexibility index (Phi) is 7.09. The van der Waals surface area contributed by atoms with Gasteiger partial charge in [0, 0.05) is 18.3 Å². The number of carbonyl (C=O) groups is 1. The highest BCUT2D eigenvalue weighted by Crippen LogP contribution is 2.14. The minimum absolute atomic E-state index is 0.0699. The Morgan fingerprint density at radius 3 is 2.82 bits per heavy atom. The van der Waals surface area contributed by atoms with Gasteiger partial charge in [-0.25, -0.2) is 18.6 Å². The molecule has 2 amide bonds. The molecule has 1 atom stereocenters. The first-order chi connectivity index (χ1) is 10.4. The molecule has 7 heteroatoms. The average Bonchev–Trinajstić information content (AvgIpc) is 2.48. The summed E-state index contributed by atoms with van der Waals surface area (Å²) in [5.41, 5.74) is 0.500. The number of rotatable bonds is 7. The Morgan fingerprint density at radius 1 is 1.50 bits per heavy atom. The van der Waals surface area contributed by atoms with E-state index in [1.165, 1.54) is 6.20 Å². The van der Waals surface area contributed by atoms with Crippen LogP contribution in [0.1, 0.15) is 19.4 Å². The van der Waals surface area contributed by atoms with Crippen molar-refractivity contribution in [2.75, 3.05) is 6.61 Å². The van der Waals surface area contributed by atoms with Gasteiger partial charge < -0.3 is 15.4 Å². The summed E-state index contributed by atoms with van der Waals surface area (Å²) < 4.78 is 29.3. The molecule has 2 N–H and O–H groups in total. The zero-order chi connectivity index (χ0) is 16.5.